The van der Waals surface area contributed by atoms with Crippen LogP contribution < -0.4 is 0 Å². The normalized spacial score (nSPS) is 60.6. The van der Waals surface area contributed by atoms with Crippen molar-refractivity contribution in [2.24, 2.45) is 0 Å². The lowest BCUT2D eigenvalue weighted by atomic mass is 10.3. The second-order valence-electron chi connectivity index (χ2n) is 2.48. The highest BCUT2D eigenvalue weighted by atomic mass is 79.9. The van der Waals surface area contributed by atoms with Crippen molar-refractivity contribution in [3.8, 4) is 0 Å². The summed E-state index contributed by atoms with van der Waals surface area (Å²) < 4.78 is 10.9. The van der Waals surface area contributed by atoms with Crippen molar-refractivity contribution >= 4 is 26.7 Å². The van der Waals surface area contributed by atoms with Crippen LogP contribution in [0.1, 0.15) is 12.8 Å². The fourth-order valence-corrected chi connectivity index (χ4v) is 4.77. The third-order valence-corrected chi connectivity index (χ3v) is 5.54. The zero-order chi connectivity index (χ0) is 5.72. The Hall–Kier alpha value is 0.630. The van der Waals surface area contributed by atoms with Crippen molar-refractivity contribution in [3.05, 3.63) is 0 Å². The first-order valence-electron chi connectivity index (χ1n) is 2.82. The Kier molecular flexibility index (Phi) is 1.06. The Bertz CT molecular complexity index is 147. The SMILES string of the molecule is O=S1[C@H]2C[C@@H]1[C@@H](Br)C2. The van der Waals surface area contributed by atoms with Crippen LogP contribution in [0.4, 0.5) is 0 Å². The minimum Gasteiger partial charge on any atom is -0.259 e. The predicted molar refractivity (Wildman–Crippen MR) is 37.7 cm³/mol. The topological polar surface area (TPSA) is 17.1 Å². The van der Waals surface area contributed by atoms with E-state index in [1.165, 1.54) is 6.42 Å². The molecule has 0 spiro atoms. The van der Waals surface area contributed by atoms with Crippen LogP contribution in [0.2, 0.25) is 0 Å². The van der Waals surface area contributed by atoms with E-state index in [2.05, 4.69) is 15.9 Å². The first-order valence-corrected chi connectivity index (χ1v) is 5.01. The third-order valence-electron chi connectivity index (χ3n) is 2.01. The van der Waals surface area contributed by atoms with Crippen LogP contribution in [0.3, 0.4) is 0 Å². The molecule has 1 saturated carbocycles. The van der Waals surface area contributed by atoms with E-state index in [0.29, 0.717) is 15.3 Å². The van der Waals surface area contributed by atoms with Crippen LogP contribution in [-0.4, -0.2) is 19.5 Å². The summed E-state index contributed by atoms with van der Waals surface area (Å²) in [4.78, 5) is 0.577. The molecule has 0 amide bonds. The number of hydrogen-bond donors (Lipinski definition) is 0. The van der Waals surface area contributed by atoms with E-state index < -0.39 is 10.8 Å². The summed E-state index contributed by atoms with van der Waals surface area (Å²) in [6.07, 6.45) is 2.36. The van der Waals surface area contributed by atoms with Gasteiger partial charge < -0.3 is 0 Å². The van der Waals surface area contributed by atoms with Crippen molar-refractivity contribution in [3.63, 3.8) is 0 Å². The molecule has 0 aromatic heterocycles. The summed E-state index contributed by atoms with van der Waals surface area (Å²) in [6, 6.07) is 0. The highest BCUT2D eigenvalue weighted by Crippen LogP contribution is 2.44. The molecule has 1 nitrogen and oxygen atoms in total. The standard InChI is InChI=1S/C5H7BrOS/c6-4-1-3-2-5(4)8(3)7/h3-5H,1-2H2/t3-,4+,5-,8?/m1/s1. The molecule has 1 unspecified atom stereocenters. The summed E-state index contributed by atoms with van der Waals surface area (Å²) in [5.41, 5.74) is 0. The van der Waals surface area contributed by atoms with E-state index >= 15 is 0 Å². The average Bonchev–Trinajstić information content (AvgIpc) is 2.19. The molecule has 4 atom stereocenters. The van der Waals surface area contributed by atoms with E-state index in [9.17, 15) is 4.21 Å². The van der Waals surface area contributed by atoms with Gasteiger partial charge in [0.1, 0.15) is 0 Å². The van der Waals surface area contributed by atoms with Crippen molar-refractivity contribution in [1.29, 1.82) is 0 Å². The fourth-order valence-electron chi connectivity index (χ4n) is 1.46. The number of fused-ring (bicyclic) bond motifs is 1. The number of rotatable bonds is 0. The number of halogens is 1. The summed E-state index contributed by atoms with van der Waals surface area (Å²) >= 11 is 3.49. The fraction of sp³-hybridized carbons (Fsp3) is 1.00. The van der Waals surface area contributed by atoms with Gasteiger partial charge in [0.05, 0.1) is 0 Å². The average molecular weight is 195 g/mol. The summed E-state index contributed by atoms with van der Waals surface area (Å²) in [5.74, 6) is 0. The van der Waals surface area contributed by atoms with E-state index in [4.69, 9.17) is 0 Å². The zero-order valence-electron chi connectivity index (χ0n) is 4.34. The summed E-state index contributed by atoms with van der Waals surface area (Å²) in [7, 11) is -0.447. The Morgan fingerprint density at radius 1 is 1.50 bits per heavy atom. The van der Waals surface area contributed by atoms with Gasteiger partial charge in [-0.2, -0.15) is 0 Å². The minimum absolute atomic E-state index is 0.447. The van der Waals surface area contributed by atoms with Gasteiger partial charge in [-0.15, -0.1) is 0 Å². The second kappa shape index (κ2) is 1.57. The predicted octanol–water partition coefficient (Wildman–Crippen LogP) is 1.04. The Labute approximate surface area is 59.4 Å². The van der Waals surface area contributed by atoms with Crippen LogP contribution in [-0.2, 0) is 10.8 Å². The molecule has 0 aromatic rings. The van der Waals surface area contributed by atoms with Crippen molar-refractivity contribution in [1.82, 2.24) is 0 Å². The van der Waals surface area contributed by atoms with Gasteiger partial charge in [-0.05, 0) is 12.8 Å². The monoisotopic (exact) mass is 194 g/mol. The van der Waals surface area contributed by atoms with Crippen molar-refractivity contribution in [2.75, 3.05) is 0 Å². The Morgan fingerprint density at radius 3 is 2.38 bits per heavy atom. The van der Waals surface area contributed by atoms with Gasteiger partial charge in [-0.25, -0.2) is 0 Å². The molecule has 46 valence electrons. The van der Waals surface area contributed by atoms with Gasteiger partial charge >= 0.3 is 0 Å². The lowest BCUT2D eigenvalue weighted by Crippen LogP contribution is -2.32. The quantitative estimate of drug-likeness (QED) is 0.528. The maximum atomic E-state index is 10.9. The van der Waals surface area contributed by atoms with Gasteiger partial charge in [0.2, 0.25) is 0 Å². The van der Waals surface area contributed by atoms with Gasteiger partial charge in [0, 0.05) is 26.1 Å². The van der Waals surface area contributed by atoms with Crippen molar-refractivity contribution in [2.45, 2.75) is 28.2 Å². The molecule has 3 fully saturated rings. The lowest BCUT2D eigenvalue weighted by molar-refractivity contribution is 0.644. The molecule has 0 aromatic carbocycles. The molecule has 2 saturated heterocycles. The van der Waals surface area contributed by atoms with Crippen LogP contribution in [0.15, 0.2) is 0 Å². The molecule has 2 heterocycles. The Balaban J connectivity index is 2.24. The van der Waals surface area contributed by atoms with Crippen molar-refractivity contribution < 1.29 is 4.21 Å². The zero-order valence-corrected chi connectivity index (χ0v) is 6.74. The lowest BCUT2D eigenvalue weighted by Gasteiger charge is -2.22. The maximum absolute atomic E-state index is 10.9. The molecule has 3 aliphatic rings. The van der Waals surface area contributed by atoms with Gasteiger partial charge in [-0.3, -0.25) is 4.21 Å². The van der Waals surface area contributed by atoms with Crippen LogP contribution in [0, 0.1) is 0 Å². The molecular weight excluding hydrogens is 188 g/mol. The smallest absolute Gasteiger partial charge is 0.0487 e. The molecule has 1 aliphatic carbocycles. The molecule has 3 heteroatoms. The molecule has 8 heavy (non-hydrogen) atoms. The van der Waals surface area contributed by atoms with E-state index in [-0.39, 0.29) is 0 Å². The number of hydrogen-bond acceptors (Lipinski definition) is 1. The summed E-state index contributed by atoms with van der Waals surface area (Å²) in [6.45, 7) is 0. The van der Waals surface area contributed by atoms with Gasteiger partial charge in [0.15, 0.2) is 0 Å². The third kappa shape index (κ3) is 0.494. The second-order valence-corrected chi connectivity index (χ2v) is 5.58. The van der Waals surface area contributed by atoms with Crippen LogP contribution in [0.25, 0.3) is 0 Å². The number of alkyl halides is 1. The van der Waals surface area contributed by atoms with Gasteiger partial charge in [0.25, 0.3) is 0 Å². The van der Waals surface area contributed by atoms with E-state index in [1.807, 2.05) is 0 Å². The minimum atomic E-state index is -0.447. The summed E-state index contributed by atoms with van der Waals surface area (Å²) in [5, 5.41) is 1.07. The molecule has 0 N–H and O–H groups in total. The molecule has 0 radical (unpaired) electrons. The van der Waals surface area contributed by atoms with Crippen LogP contribution >= 0.6 is 15.9 Å². The Morgan fingerprint density at radius 2 is 2.25 bits per heavy atom. The highest BCUT2D eigenvalue weighted by Gasteiger charge is 2.50. The molecule has 3 rings (SSSR count). The molecule has 2 bridgehead atoms. The van der Waals surface area contributed by atoms with Crippen LogP contribution in [0.5, 0.6) is 0 Å². The molecular formula is C5H7BrOS. The molecule has 2 aliphatic heterocycles. The maximum Gasteiger partial charge on any atom is 0.0487 e. The van der Waals surface area contributed by atoms with E-state index in [0.717, 1.165) is 6.42 Å². The van der Waals surface area contributed by atoms with E-state index in [1.54, 1.807) is 0 Å². The first-order chi connectivity index (χ1) is 3.79. The first kappa shape index (κ1) is 5.42. The van der Waals surface area contributed by atoms with Gasteiger partial charge in [-0.1, -0.05) is 15.9 Å². The highest BCUT2D eigenvalue weighted by molar-refractivity contribution is 9.09. The largest absolute Gasteiger partial charge is 0.259 e.